The molecule has 2 aromatic rings. The molecule has 1 aromatic heterocycles. The largest absolute Gasteiger partial charge is 0.573 e. The zero-order valence-electron chi connectivity index (χ0n) is 13.1. The van der Waals surface area contributed by atoms with E-state index in [4.69, 9.17) is 0 Å². The predicted octanol–water partition coefficient (Wildman–Crippen LogP) is 3.57. The van der Waals surface area contributed by atoms with E-state index in [1.807, 2.05) is 12.1 Å². The van der Waals surface area contributed by atoms with Crippen molar-refractivity contribution >= 4 is 5.91 Å². The highest BCUT2D eigenvalue weighted by Crippen LogP contribution is 2.23. The van der Waals surface area contributed by atoms with Gasteiger partial charge in [0.05, 0.1) is 0 Å². The summed E-state index contributed by atoms with van der Waals surface area (Å²) in [6, 6.07) is 9.19. The number of nitrogens with zero attached hydrogens (tertiary/aromatic N) is 2. The molecule has 24 heavy (non-hydrogen) atoms. The van der Waals surface area contributed by atoms with Crippen molar-refractivity contribution in [2.45, 2.75) is 25.7 Å². The van der Waals surface area contributed by atoms with Gasteiger partial charge in [0, 0.05) is 32.4 Å². The first kappa shape index (κ1) is 17.8. The fourth-order valence-corrected chi connectivity index (χ4v) is 2.15. The molecule has 0 aliphatic heterocycles. The van der Waals surface area contributed by atoms with Gasteiger partial charge in [-0.1, -0.05) is 18.2 Å². The van der Waals surface area contributed by atoms with Crippen molar-refractivity contribution in [3.05, 3.63) is 59.9 Å². The van der Waals surface area contributed by atoms with Crippen LogP contribution in [0.1, 0.15) is 17.5 Å². The fourth-order valence-electron chi connectivity index (χ4n) is 2.15. The number of rotatable bonds is 6. The van der Waals surface area contributed by atoms with E-state index in [0.29, 0.717) is 19.4 Å². The molecular formula is C17H17F3N2O2. The third-order valence-electron chi connectivity index (χ3n) is 3.35. The highest BCUT2D eigenvalue weighted by molar-refractivity contribution is 5.76. The molecule has 0 spiro atoms. The average molecular weight is 338 g/mol. The van der Waals surface area contributed by atoms with Crippen molar-refractivity contribution < 1.29 is 22.7 Å². The number of aryl methyl sites for hydroxylation is 1. The van der Waals surface area contributed by atoms with Crippen molar-refractivity contribution in [3.63, 3.8) is 0 Å². The standard InChI is InChI=1S/C17H17F3N2O2/c1-22(16(23)9-6-13-3-2-10-21-11-13)12-14-4-7-15(8-5-14)24-17(18,19)20/h2-5,7-8,10-11H,6,9,12H2,1H3. The minimum atomic E-state index is -4.71. The molecule has 0 saturated carbocycles. The zero-order chi connectivity index (χ0) is 17.6. The van der Waals surface area contributed by atoms with Crippen LogP contribution in [0.25, 0.3) is 0 Å². The lowest BCUT2D eigenvalue weighted by molar-refractivity contribution is -0.274. The monoisotopic (exact) mass is 338 g/mol. The summed E-state index contributed by atoms with van der Waals surface area (Å²) in [5, 5.41) is 0. The number of halogens is 3. The number of benzene rings is 1. The van der Waals surface area contributed by atoms with Gasteiger partial charge in [-0.3, -0.25) is 9.78 Å². The van der Waals surface area contributed by atoms with Crippen LogP contribution in [0.15, 0.2) is 48.8 Å². The lowest BCUT2D eigenvalue weighted by atomic mass is 10.1. The van der Waals surface area contributed by atoms with Crippen molar-refractivity contribution in [1.29, 1.82) is 0 Å². The van der Waals surface area contributed by atoms with Gasteiger partial charge < -0.3 is 9.64 Å². The summed E-state index contributed by atoms with van der Waals surface area (Å²) in [7, 11) is 1.66. The third kappa shape index (κ3) is 5.91. The van der Waals surface area contributed by atoms with Crippen molar-refractivity contribution in [2.24, 2.45) is 0 Å². The van der Waals surface area contributed by atoms with E-state index >= 15 is 0 Å². The summed E-state index contributed by atoms with van der Waals surface area (Å²) in [5.41, 5.74) is 1.70. The number of hydrogen-bond donors (Lipinski definition) is 0. The van der Waals surface area contributed by atoms with Crippen molar-refractivity contribution in [1.82, 2.24) is 9.88 Å². The van der Waals surface area contributed by atoms with E-state index < -0.39 is 6.36 Å². The molecule has 0 N–H and O–H groups in total. The van der Waals surface area contributed by atoms with Crippen LogP contribution < -0.4 is 4.74 Å². The Kier molecular flexibility index (Phi) is 5.78. The molecule has 0 unspecified atom stereocenters. The van der Waals surface area contributed by atoms with E-state index in [1.165, 1.54) is 29.2 Å². The second-order valence-electron chi connectivity index (χ2n) is 5.30. The first-order valence-electron chi connectivity index (χ1n) is 7.31. The number of alkyl halides is 3. The average Bonchev–Trinajstić information content (AvgIpc) is 2.54. The Labute approximate surface area is 137 Å². The molecule has 4 nitrogen and oxygen atoms in total. The van der Waals surface area contributed by atoms with Gasteiger partial charge in [-0.25, -0.2) is 0 Å². The zero-order valence-corrected chi connectivity index (χ0v) is 13.1. The Morgan fingerprint density at radius 3 is 2.46 bits per heavy atom. The second kappa shape index (κ2) is 7.81. The number of ether oxygens (including phenoxy) is 1. The highest BCUT2D eigenvalue weighted by atomic mass is 19.4. The van der Waals surface area contributed by atoms with Crippen molar-refractivity contribution in [3.8, 4) is 5.75 Å². The first-order chi connectivity index (χ1) is 11.3. The maximum atomic E-state index is 12.1. The topological polar surface area (TPSA) is 42.4 Å². The van der Waals surface area contributed by atoms with E-state index in [2.05, 4.69) is 9.72 Å². The number of carbonyl (C=O) groups excluding carboxylic acids is 1. The normalized spacial score (nSPS) is 11.2. The Morgan fingerprint density at radius 1 is 1.17 bits per heavy atom. The van der Waals surface area contributed by atoms with Gasteiger partial charge in [0.2, 0.25) is 5.91 Å². The molecule has 0 aliphatic carbocycles. The summed E-state index contributed by atoms with van der Waals surface area (Å²) in [6.07, 6.45) is -0.385. The Morgan fingerprint density at radius 2 is 1.88 bits per heavy atom. The number of pyridine rings is 1. The van der Waals surface area contributed by atoms with E-state index in [9.17, 15) is 18.0 Å². The van der Waals surface area contributed by atoms with Crippen LogP contribution in [0.5, 0.6) is 5.75 Å². The SMILES string of the molecule is CN(Cc1ccc(OC(F)(F)F)cc1)C(=O)CCc1cccnc1. The van der Waals surface area contributed by atoms with Gasteiger partial charge in [0.15, 0.2) is 0 Å². The lowest BCUT2D eigenvalue weighted by Crippen LogP contribution is -2.26. The van der Waals surface area contributed by atoms with Crippen LogP contribution in [-0.4, -0.2) is 29.2 Å². The van der Waals surface area contributed by atoms with E-state index in [1.54, 1.807) is 19.4 Å². The van der Waals surface area contributed by atoms with Gasteiger partial charge in [-0.2, -0.15) is 0 Å². The number of aromatic nitrogens is 1. The third-order valence-corrected chi connectivity index (χ3v) is 3.35. The Bertz CT molecular complexity index is 658. The molecular weight excluding hydrogens is 321 g/mol. The highest BCUT2D eigenvalue weighted by Gasteiger charge is 2.30. The summed E-state index contributed by atoms with van der Waals surface area (Å²) < 4.78 is 40.1. The smallest absolute Gasteiger partial charge is 0.406 e. The maximum Gasteiger partial charge on any atom is 0.573 e. The summed E-state index contributed by atoms with van der Waals surface area (Å²) in [4.78, 5) is 17.6. The predicted molar refractivity (Wildman–Crippen MR) is 82.2 cm³/mol. The van der Waals surface area contributed by atoms with Gasteiger partial charge in [0.25, 0.3) is 0 Å². The molecule has 7 heteroatoms. The molecule has 0 aliphatic rings. The molecule has 1 aromatic carbocycles. The van der Waals surface area contributed by atoms with Crippen LogP contribution >= 0.6 is 0 Å². The molecule has 128 valence electrons. The molecule has 0 bridgehead atoms. The lowest BCUT2D eigenvalue weighted by Gasteiger charge is -2.17. The molecule has 0 radical (unpaired) electrons. The summed E-state index contributed by atoms with van der Waals surface area (Å²) >= 11 is 0. The minimum Gasteiger partial charge on any atom is -0.406 e. The Balaban J connectivity index is 1.84. The van der Waals surface area contributed by atoms with Gasteiger partial charge in [0.1, 0.15) is 5.75 Å². The van der Waals surface area contributed by atoms with Crippen molar-refractivity contribution in [2.75, 3.05) is 7.05 Å². The quantitative estimate of drug-likeness (QED) is 0.809. The number of hydrogen-bond acceptors (Lipinski definition) is 3. The van der Waals surface area contributed by atoms with Crippen LogP contribution in [0.4, 0.5) is 13.2 Å². The number of carbonyl (C=O) groups is 1. The molecule has 2 rings (SSSR count). The first-order valence-corrected chi connectivity index (χ1v) is 7.31. The Hall–Kier alpha value is -2.57. The molecule has 0 atom stereocenters. The van der Waals surface area contributed by atoms with Crippen LogP contribution in [0, 0.1) is 0 Å². The van der Waals surface area contributed by atoms with Crippen LogP contribution in [-0.2, 0) is 17.8 Å². The van der Waals surface area contributed by atoms with Crippen LogP contribution in [0.3, 0.4) is 0 Å². The van der Waals surface area contributed by atoms with Crippen LogP contribution in [0.2, 0.25) is 0 Å². The van der Waals surface area contributed by atoms with E-state index in [-0.39, 0.29) is 11.7 Å². The molecule has 1 amide bonds. The van der Waals surface area contributed by atoms with E-state index in [0.717, 1.165) is 11.1 Å². The molecule has 0 saturated heterocycles. The number of amides is 1. The van der Waals surface area contributed by atoms with Gasteiger partial charge in [-0.05, 0) is 35.7 Å². The summed E-state index contributed by atoms with van der Waals surface area (Å²) in [5.74, 6) is -0.328. The van der Waals surface area contributed by atoms with Gasteiger partial charge >= 0.3 is 6.36 Å². The van der Waals surface area contributed by atoms with Gasteiger partial charge in [-0.15, -0.1) is 13.2 Å². The minimum absolute atomic E-state index is 0.0468. The molecule has 1 heterocycles. The maximum absolute atomic E-state index is 12.1. The molecule has 0 fully saturated rings. The fraction of sp³-hybridized carbons (Fsp3) is 0.294. The summed E-state index contributed by atoms with van der Waals surface area (Å²) in [6.45, 7) is 0.318. The second-order valence-corrected chi connectivity index (χ2v) is 5.30.